The number of rotatable bonds is 5. The highest BCUT2D eigenvalue weighted by molar-refractivity contribution is 5.87. The Kier molecular flexibility index (Phi) is 3.61. The Morgan fingerprint density at radius 1 is 1.24 bits per heavy atom. The fourth-order valence-corrected chi connectivity index (χ4v) is 1.95. The zero-order chi connectivity index (χ0) is 14.7. The molecule has 0 aliphatic heterocycles. The zero-order valence-corrected chi connectivity index (χ0v) is 11.5. The molecule has 0 unspecified atom stereocenters. The Hall–Kier alpha value is -2.74. The van der Waals surface area contributed by atoms with Crippen LogP contribution in [0.25, 0.3) is 11.0 Å². The monoisotopic (exact) mass is 285 g/mol. The fraction of sp³-hybridized carbons (Fsp3) is 0.231. The Balaban J connectivity index is 2.00. The van der Waals surface area contributed by atoms with Gasteiger partial charge in [-0.05, 0) is 12.1 Å². The van der Waals surface area contributed by atoms with Crippen LogP contribution in [-0.2, 0) is 7.05 Å². The molecule has 3 aromatic rings. The van der Waals surface area contributed by atoms with Crippen LogP contribution in [0.15, 0.2) is 30.7 Å². The minimum atomic E-state index is 0.0267. The maximum atomic E-state index is 8.96. The SMILES string of the molecule is Cn1ncc2c(NCCO)nc(Nc3ccncc3)nc21. The third-order valence-electron chi connectivity index (χ3n) is 2.93. The van der Waals surface area contributed by atoms with Gasteiger partial charge in [0, 0.05) is 31.7 Å². The molecule has 21 heavy (non-hydrogen) atoms. The van der Waals surface area contributed by atoms with Crippen LogP contribution in [0.5, 0.6) is 0 Å². The summed E-state index contributed by atoms with van der Waals surface area (Å²) in [5.74, 6) is 1.09. The first kappa shape index (κ1) is 13.3. The van der Waals surface area contributed by atoms with Crippen LogP contribution in [0, 0.1) is 0 Å². The summed E-state index contributed by atoms with van der Waals surface area (Å²) in [5.41, 5.74) is 1.56. The number of aryl methyl sites for hydroxylation is 1. The molecule has 0 radical (unpaired) electrons. The van der Waals surface area contributed by atoms with Gasteiger partial charge in [-0.25, -0.2) is 0 Å². The van der Waals surface area contributed by atoms with E-state index in [0.717, 1.165) is 11.1 Å². The molecule has 3 rings (SSSR count). The van der Waals surface area contributed by atoms with Crippen molar-refractivity contribution in [1.82, 2.24) is 24.7 Å². The quantitative estimate of drug-likeness (QED) is 0.640. The van der Waals surface area contributed by atoms with E-state index in [-0.39, 0.29) is 6.61 Å². The van der Waals surface area contributed by atoms with Gasteiger partial charge in [-0.15, -0.1) is 0 Å². The molecule has 0 aliphatic carbocycles. The molecule has 108 valence electrons. The van der Waals surface area contributed by atoms with Gasteiger partial charge in [0.15, 0.2) is 5.65 Å². The lowest BCUT2D eigenvalue weighted by Gasteiger charge is -2.09. The molecule has 3 N–H and O–H groups in total. The van der Waals surface area contributed by atoms with E-state index in [0.29, 0.717) is 24.0 Å². The summed E-state index contributed by atoms with van der Waals surface area (Å²) in [6.07, 6.45) is 5.08. The zero-order valence-electron chi connectivity index (χ0n) is 11.5. The van der Waals surface area contributed by atoms with Crippen LogP contribution in [0.1, 0.15) is 0 Å². The van der Waals surface area contributed by atoms with Crippen LogP contribution >= 0.6 is 0 Å². The summed E-state index contributed by atoms with van der Waals surface area (Å²) >= 11 is 0. The van der Waals surface area contributed by atoms with Crippen LogP contribution in [0.4, 0.5) is 17.5 Å². The van der Waals surface area contributed by atoms with Gasteiger partial charge in [-0.3, -0.25) is 9.67 Å². The lowest BCUT2D eigenvalue weighted by Crippen LogP contribution is -2.09. The van der Waals surface area contributed by atoms with E-state index >= 15 is 0 Å². The number of nitrogens with one attached hydrogen (secondary N) is 2. The average Bonchev–Trinajstić information content (AvgIpc) is 2.88. The van der Waals surface area contributed by atoms with Gasteiger partial charge in [0.05, 0.1) is 18.2 Å². The smallest absolute Gasteiger partial charge is 0.231 e. The molecule has 0 amide bonds. The second-order valence-corrected chi connectivity index (χ2v) is 4.41. The van der Waals surface area contributed by atoms with Gasteiger partial charge in [-0.1, -0.05) is 0 Å². The molecule has 0 aliphatic rings. The number of fused-ring (bicyclic) bond motifs is 1. The first-order valence-corrected chi connectivity index (χ1v) is 6.49. The van der Waals surface area contributed by atoms with E-state index in [2.05, 4.69) is 30.7 Å². The molecule has 0 aromatic carbocycles. The highest BCUT2D eigenvalue weighted by Crippen LogP contribution is 2.22. The maximum absolute atomic E-state index is 8.96. The number of aliphatic hydroxyl groups excluding tert-OH is 1. The lowest BCUT2D eigenvalue weighted by molar-refractivity contribution is 0.311. The summed E-state index contributed by atoms with van der Waals surface area (Å²) in [5, 5.41) is 20.2. The molecule has 8 nitrogen and oxygen atoms in total. The Morgan fingerprint density at radius 2 is 2.05 bits per heavy atom. The van der Waals surface area contributed by atoms with E-state index in [1.807, 2.05) is 19.2 Å². The summed E-state index contributed by atoms with van der Waals surface area (Å²) in [6, 6.07) is 3.66. The third-order valence-corrected chi connectivity index (χ3v) is 2.93. The molecule has 3 aromatic heterocycles. The van der Waals surface area contributed by atoms with E-state index in [4.69, 9.17) is 5.11 Å². The van der Waals surface area contributed by atoms with Crippen LogP contribution in [0.2, 0.25) is 0 Å². The third kappa shape index (κ3) is 2.75. The molecular formula is C13H15N7O. The normalized spacial score (nSPS) is 10.8. The minimum absolute atomic E-state index is 0.0267. The van der Waals surface area contributed by atoms with Crippen molar-refractivity contribution in [3.8, 4) is 0 Å². The van der Waals surface area contributed by atoms with E-state index in [1.54, 1.807) is 23.3 Å². The average molecular weight is 285 g/mol. The van der Waals surface area contributed by atoms with Crippen LogP contribution in [-0.4, -0.2) is 43.0 Å². The number of hydrogen-bond donors (Lipinski definition) is 3. The number of aliphatic hydroxyl groups is 1. The van der Waals surface area contributed by atoms with Crippen LogP contribution in [0.3, 0.4) is 0 Å². The van der Waals surface area contributed by atoms with Crippen molar-refractivity contribution < 1.29 is 5.11 Å². The van der Waals surface area contributed by atoms with Gasteiger partial charge in [0.1, 0.15) is 5.82 Å². The van der Waals surface area contributed by atoms with Gasteiger partial charge < -0.3 is 15.7 Å². The predicted octanol–water partition coefficient (Wildman–Crippen LogP) is 0.906. The Morgan fingerprint density at radius 3 is 2.81 bits per heavy atom. The fourth-order valence-electron chi connectivity index (χ4n) is 1.95. The standard InChI is InChI=1S/C13H15N7O/c1-20-12-10(8-16-20)11(15-6-7-21)18-13(19-12)17-9-2-4-14-5-3-9/h2-5,8,21H,6-7H2,1H3,(H2,14,15,17,18,19). The first-order chi connectivity index (χ1) is 10.3. The van der Waals surface area contributed by atoms with Gasteiger partial charge >= 0.3 is 0 Å². The van der Waals surface area contributed by atoms with E-state index in [1.165, 1.54) is 0 Å². The number of nitrogens with zero attached hydrogens (tertiary/aromatic N) is 5. The summed E-state index contributed by atoms with van der Waals surface area (Å²) in [4.78, 5) is 12.8. The van der Waals surface area contributed by atoms with Gasteiger partial charge in [0.2, 0.25) is 5.95 Å². The molecule has 8 heteroatoms. The molecule has 0 saturated heterocycles. The molecule has 0 saturated carbocycles. The largest absolute Gasteiger partial charge is 0.395 e. The van der Waals surface area contributed by atoms with Crippen molar-refractivity contribution in [2.75, 3.05) is 23.8 Å². The van der Waals surface area contributed by atoms with Crippen molar-refractivity contribution in [3.05, 3.63) is 30.7 Å². The first-order valence-electron chi connectivity index (χ1n) is 6.49. The summed E-state index contributed by atoms with van der Waals surface area (Å²) in [7, 11) is 1.82. The summed E-state index contributed by atoms with van der Waals surface area (Å²) in [6.45, 7) is 0.439. The number of pyridine rings is 1. The van der Waals surface area contributed by atoms with Gasteiger partial charge in [-0.2, -0.15) is 15.1 Å². The van der Waals surface area contributed by atoms with Gasteiger partial charge in [0.25, 0.3) is 0 Å². The van der Waals surface area contributed by atoms with Crippen LogP contribution < -0.4 is 10.6 Å². The van der Waals surface area contributed by atoms with Crippen molar-refractivity contribution >= 4 is 28.5 Å². The van der Waals surface area contributed by atoms with Crippen molar-refractivity contribution in [3.63, 3.8) is 0 Å². The maximum Gasteiger partial charge on any atom is 0.231 e. The molecule has 0 fully saturated rings. The number of aromatic nitrogens is 5. The summed E-state index contributed by atoms with van der Waals surface area (Å²) < 4.78 is 1.68. The van der Waals surface area contributed by atoms with Crippen molar-refractivity contribution in [2.24, 2.45) is 7.05 Å². The molecule has 0 atom stereocenters. The van der Waals surface area contributed by atoms with E-state index in [9.17, 15) is 0 Å². The lowest BCUT2D eigenvalue weighted by atomic mass is 10.4. The Bertz CT molecular complexity index is 741. The van der Waals surface area contributed by atoms with Crippen molar-refractivity contribution in [2.45, 2.75) is 0 Å². The minimum Gasteiger partial charge on any atom is -0.395 e. The molecule has 3 heterocycles. The van der Waals surface area contributed by atoms with E-state index < -0.39 is 0 Å². The number of hydrogen-bond acceptors (Lipinski definition) is 7. The predicted molar refractivity (Wildman–Crippen MR) is 79.4 cm³/mol. The molecule has 0 bridgehead atoms. The van der Waals surface area contributed by atoms with Crippen molar-refractivity contribution in [1.29, 1.82) is 0 Å². The molecular weight excluding hydrogens is 270 g/mol. The Labute approximate surface area is 120 Å². The second kappa shape index (κ2) is 5.71. The highest BCUT2D eigenvalue weighted by atomic mass is 16.3. The second-order valence-electron chi connectivity index (χ2n) is 4.41. The molecule has 0 spiro atoms. The highest BCUT2D eigenvalue weighted by Gasteiger charge is 2.11. The number of anilines is 3. The topological polar surface area (TPSA) is 101 Å².